The van der Waals surface area contributed by atoms with Crippen LogP contribution < -0.4 is 5.32 Å². The molecule has 18 heavy (non-hydrogen) atoms. The van der Waals surface area contributed by atoms with Crippen molar-refractivity contribution < 1.29 is 19.8 Å². The van der Waals surface area contributed by atoms with Crippen LogP contribution in [-0.2, 0) is 16.1 Å². The topological polar surface area (TPSA) is 86.6 Å². The summed E-state index contributed by atoms with van der Waals surface area (Å²) in [4.78, 5) is 21.4. The molecule has 1 aromatic rings. The maximum Gasteiger partial charge on any atom is 0.321 e. The number of benzene rings is 1. The molecule has 0 bridgehead atoms. The smallest absolute Gasteiger partial charge is 0.321 e. The fourth-order valence-electron chi connectivity index (χ4n) is 1.33. The van der Waals surface area contributed by atoms with Gasteiger partial charge in [-0.15, -0.1) is 0 Å². The Labute approximate surface area is 117 Å². The van der Waals surface area contributed by atoms with Crippen LogP contribution in [0.15, 0.2) is 22.7 Å². The minimum atomic E-state index is -1.20. The van der Waals surface area contributed by atoms with Crippen molar-refractivity contribution in [1.82, 2.24) is 5.32 Å². The molecule has 0 aliphatic rings. The molecule has 0 radical (unpaired) electrons. The predicted molar refractivity (Wildman–Crippen MR) is 69.7 cm³/mol. The van der Waals surface area contributed by atoms with Gasteiger partial charge in [0.15, 0.2) is 0 Å². The summed E-state index contributed by atoms with van der Waals surface area (Å²) in [6.45, 7) is 0.214. The molecule has 0 saturated heterocycles. The molecular weight excluding hydrogens is 325 g/mol. The third-order valence-corrected chi connectivity index (χ3v) is 3.23. The summed E-state index contributed by atoms with van der Waals surface area (Å²) in [7, 11) is 0. The average molecular weight is 337 g/mol. The van der Waals surface area contributed by atoms with Gasteiger partial charge in [0.1, 0.15) is 6.04 Å². The molecule has 0 spiro atoms. The van der Waals surface area contributed by atoms with Crippen LogP contribution in [0, 0.1) is 0 Å². The fraction of sp³-hybridized carbons (Fsp3) is 0.273. The molecule has 1 atom stereocenters. The molecule has 0 aromatic heterocycles. The van der Waals surface area contributed by atoms with Gasteiger partial charge in [-0.3, -0.25) is 14.9 Å². The normalized spacial score (nSPS) is 12.1. The number of rotatable bonds is 6. The zero-order chi connectivity index (χ0) is 13.7. The van der Waals surface area contributed by atoms with E-state index in [0.717, 1.165) is 10.0 Å². The van der Waals surface area contributed by atoms with Crippen molar-refractivity contribution in [3.63, 3.8) is 0 Å². The number of carboxylic acids is 2. The Morgan fingerprint density at radius 1 is 1.39 bits per heavy atom. The van der Waals surface area contributed by atoms with E-state index in [1.54, 1.807) is 18.2 Å². The first-order valence-corrected chi connectivity index (χ1v) is 6.19. The molecule has 0 amide bonds. The number of carbonyl (C=O) groups is 2. The van der Waals surface area contributed by atoms with Gasteiger partial charge in [0.25, 0.3) is 0 Å². The van der Waals surface area contributed by atoms with Gasteiger partial charge in [-0.05, 0) is 23.8 Å². The number of aliphatic carboxylic acids is 2. The van der Waals surface area contributed by atoms with E-state index in [2.05, 4.69) is 21.2 Å². The van der Waals surface area contributed by atoms with Crippen LogP contribution in [0.3, 0.4) is 0 Å². The first-order valence-electron chi connectivity index (χ1n) is 5.02. The molecule has 1 aromatic carbocycles. The highest BCUT2D eigenvalue weighted by atomic mass is 79.9. The number of hydrogen-bond donors (Lipinski definition) is 3. The highest BCUT2D eigenvalue weighted by Gasteiger charge is 2.20. The van der Waals surface area contributed by atoms with E-state index in [-0.39, 0.29) is 6.54 Å². The minimum absolute atomic E-state index is 0.214. The van der Waals surface area contributed by atoms with Crippen LogP contribution in [0.2, 0.25) is 5.02 Å². The van der Waals surface area contributed by atoms with Crippen molar-refractivity contribution in [3.05, 3.63) is 33.3 Å². The van der Waals surface area contributed by atoms with Crippen LogP contribution in [0.25, 0.3) is 0 Å². The summed E-state index contributed by atoms with van der Waals surface area (Å²) in [6, 6.07) is 3.99. The Morgan fingerprint density at radius 3 is 2.61 bits per heavy atom. The van der Waals surface area contributed by atoms with Gasteiger partial charge in [0, 0.05) is 16.0 Å². The average Bonchev–Trinajstić information content (AvgIpc) is 2.27. The third-order valence-electron chi connectivity index (χ3n) is 2.22. The van der Waals surface area contributed by atoms with Gasteiger partial charge < -0.3 is 10.2 Å². The standard InChI is InChI=1S/C11H11BrClNO4/c12-8-2-1-7(13)3-6(8)5-14-9(11(17)18)4-10(15)16/h1-3,9,14H,4-5H2,(H,15,16)(H,17,18)/t9-/m1/s1. The molecule has 5 nitrogen and oxygen atoms in total. The van der Waals surface area contributed by atoms with E-state index < -0.39 is 24.4 Å². The van der Waals surface area contributed by atoms with E-state index >= 15 is 0 Å². The van der Waals surface area contributed by atoms with E-state index in [9.17, 15) is 9.59 Å². The number of hydrogen-bond acceptors (Lipinski definition) is 3. The highest BCUT2D eigenvalue weighted by molar-refractivity contribution is 9.10. The summed E-state index contributed by atoms with van der Waals surface area (Å²) in [5, 5.41) is 20.6. The highest BCUT2D eigenvalue weighted by Crippen LogP contribution is 2.21. The largest absolute Gasteiger partial charge is 0.481 e. The van der Waals surface area contributed by atoms with Crippen LogP contribution in [-0.4, -0.2) is 28.2 Å². The maximum atomic E-state index is 10.8. The zero-order valence-corrected chi connectivity index (χ0v) is 11.5. The van der Waals surface area contributed by atoms with E-state index in [1.807, 2.05) is 0 Å². The third kappa shape index (κ3) is 4.64. The SMILES string of the molecule is O=C(O)C[C@@H](NCc1cc(Cl)ccc1Br)C(=O)O. The first-order chi connectivity index (χ1) is 8.40. The van der Waals surface area contributed by atoms with Crippen molar-refractivity contribution in [2.75, 3.05) is 0 Å². The molecule has 0 saturated carbocycles. The second-order valence-corrected chi connectivity index (χ2v) is 4.90. The minimum Gasteiger partial charge on any atom is -0.481 e. The van der Waals surface area contributed by atoms with Crippen molar-refractivity contribution in [2.24, 2.45) is 0 Å². The van der Waals surface area contributed by atoms with Gasteiger partial charge in [0.05, 0.1) is 6.42 Å². The summed E-state index contributed by atoms with van der Waals surface area (Å²) < 4.78 is 0.777. The number of carboxylic acid groups (broad SMARTS) is 2. The first kappa shape index (κ1) is 14.9. The van der Waals surface area contributed by atoms with Crippen LogP contribution in [0.1, 0.15) is 12.0 Å². The van der Waals surface area contributed by atoms with Crippen LogP contribution in [0.5, 0.6) is 0 Å². The lowest BCUT2D eigenvalue weighted by molar-refractivity contribution is -0.146. The molecule has 0 aliphatic heterocycles. The van der Waals surface area contributed by atoms with E-state index in [4.69, 9.17) is 21.8 Å². The summed E-state index contributed by atoms with van der Waals surface area (Å²) in [5.41, 5.74) is 0.763. The number of nitrogens with one attached hydrogen (secondary N) is 1. The molecule has 7 heteroatoms. The quantitative estimate of drug-likeness (QED) is 0.741. The predicted octanol–water partition coefficient (Wildman–Crippen LogP) is 2.12. The summed E-state index contributed by atoms with van der Waals surface area (Å²) >= 11 is 9.13. The maximum absolute atomic E-state index is 10.8. The Hall–Kier alpha value is -1.11. The molecular formula is C11H11BrClNO4. The summed E-state index contributed by atoms with van der Waals surface area (Å²) in [6.07, 6.45) is -0.479. The molecule has 0 heterocycles. The number of halogens is 2. The lowest BCUT2D eigenvalue weighted by Crippen LogP contribution is -2.38. The van der Waals surface area contributed by atoms with Gasteiger partial charge in [-0.25, -0.2) is 0 Å². The van der Waals surface area contributed by atoms with Crippen molar-refractivity contribution in [2.45, 2.75) is 19.0 Å². The monoisotopic (exact) mass is 335 g/mol. The zero-order valence-electron chi connectivity index (χ0n) is 9.19. The second kappa shape index (κ2) is 6.72. The Kier molecular flexibility index (Phi) is 5.58. The van der Waals surface area contributed by atoms with Gasteiger partial charge >= 0.3 is 11.9 Å². The molecule has 0 aliphatic carbocycles. The molecule has 1 rings (SSSR count). The molecule has 3 N–H and O–H groups in total. The van der Waals surface area contributed by atoms with E-state index in [0.29, 0.717) is 5.02 Å². The Morgan fingerprint density at radius 2 is 2.06 bits per heavy atom. The van der Waals surface area contributed by atoms with Gasteiger partial charge in [-0.2, -0.15) is 0 Å². The fourth-order valence-corrected chi connectivity index (χ4v) is 1.91. The van der Waals surface area contributed by atoms with Gasteiger partial charge in [-0.1, -0.05) is 27.5 Å². The summed E-state index contributed by atoms with van der Waals surface area (Å²) in [5.74, 6) is -2.37. The van der Waals surface area contributed by atoms with Gasteiger partial charge in [0.2, 0.25) is 0 Å². The molecule has 0 fully saturated rings. The van der Waals surface area contributed by atoms with E-state index in [1.165, 1.54) is 0 Å². The lowest BCUT2D eigenvalue weighted by atomic mass is 10.1. The van der Waals surface area contributed by atoms with Crippen molar-refractivity contribution in [3.8, 4) is 0 Å². The molecule has 0 unspecified atom stereocenters. The van der Waals surface area contributed by atoms with Crippen LogP contribution in [0.4, 0.5) is 0 Å². The second-order valence-electron chi connectivity index (χ2n) is 3.61. The Balaban J connectivity index is 2.69. The van der Waals surface area contributed by atoms with Crippen LogP contribution >= 0.6 is 27.5 Å². The Bertz CT molecular complexity index is 466. The lowest BCUT2D eigenvalue weighted by Gasteiger charge is -2.13. The van der Waals surface area contributed by atoms with Crippen molar-refractivity contribution in [1.29, 1.82) is 0 Å². The van der Waals surface area contributed by atoms with Crippen molar-refractivity contribution >= 4 is 39.5 Å². The molecule has 98 valence electrons.